The summed E-state index contributed by atoms with van der Waals surface area (Å²) in [5, 5.41) is 3.14. The molecule has 1 saturated heterocycles. The molecule has 0 radical (unpaired) electrons. The third-order valence-electron chi connectivity index (χ3n) is 3.90. The van der Waals surface area contributed by atoms with Crippen LogP contribution in [0, 0.1) is 0 Å². The van der Waals surface area contributed by atoms with E-state index in [1.807, 2.05) is 4.90 Å². The Morgan fingerprint density at radius 2 is 2.06 bits per heavy atom. The number of amides is 2. The van der Waals surface area contributed by atoms with Crippen LogP contribution in [-0.4, -0.2) is 61.1 Å². The minimum atomic E-state index is 0.0838. The molecule has 0 aromatic heterocycles. The van der Waals surface area contributed by atoms with E-state index >= 15 is 0 Å². The zero-order valence-electron chi connectivity index (χ0n) is 10.7. The molecule has 2 amide bonds. The Bertz CT molecular complexity index is 265. The summed E-state index contributed by atoms with van der Waals surface area (Å²) >= 11 is 0. The van der Waals surface area contributed by atoms with Crippen molar-refractivity contribution in [1.29, 1.82) is 0 Å². The van der Waals surface area contributed by atoms with Crippen molar-refractivity contribution in [2.45, 2.75) is 37.8 Å². The third-order valence-corrected chi connectivity index (χ3v) is 3.90. The smallest absolute Gasteiger partial charge is 0.317 e. The summed E-state index contributed by atoms with van der Waals surface area (Å²) in [6.07, 6.45) is 4.75. The van der Waals surface area contributed by atoms with Crippen molar-refractivity contribution in [3.63, 3.8) is 0 Å². The van der Waals surface area contributed by atoms with Crippen LogP contribution in [0.3, 0.4) is 0 Å². The maximum Gasteiger partial charge on any atom is 0.317 e. The van der Waals surface area contributed by atoms with Gasteiger partial charge in [0.2, 0.25) is 0 Å². The maximum absolute atomic E-state index is 12.2. The van der Waals surface area contributed by atoms with E-state index in [1.165, 1.54) is 12.8 Å². The summed E-state index contributed by atoms with van der Waals surface area (Å²) in [7, 11) is 2.08. The number of piperazine rings is 1. The monoisotopic (exact) mass is 240 g/mol. The number of carbonyl (C=O) groups excluding carboxylic acids is 1. The van der Waals surface area contributed by atoms with Gasteiger partial charge in [-0.15, -0.1) is 0 Å². The second-order valence-corrected chi connectivity index (χ2v) is 5.28. The van der Waals surface area contributed by atoms with Crippen LogP contribution in [0.25, 0.3) is 0 Å². The lowest BCUT2D eigenvalue weighted by Gasteiger charge is -2.39. The number of rotatable bonds is 2. The molecule has 0 spiro atoms. The molecule has 1 atom stereocenters. The van der Waals surface area contributed by atoms with Gasteiger partial charge >= 0.3 is 6.03 Å². The number of carbonyl (C=O) groups is 1. The van der Waals surface area contributed by atoms with Gasteiger partial charge in [0.05, 0.1) is 6.04 Å². The molecule has 1 aliphatic heterocycles. The summed E-state index contributed by atoms with van der Waals surface area (Å²) in [4.78, 5) is 16.3. The molecule has 1 saturated carbocycles. The van der Waals surface area contributed by atoms with E-state index in [1.54, 1.807) is 0 Å². The molecule has 1 heterocycles. The van der Waals surface area contributed by atoms with Crippen molar-refractivity contribution in [3.05, 3.63) is 0 Å². The summed E-state index contributed by atoms with van der Waals surface area (Å²) in [5.41, 5.74) is 5.75. The lowest BCUT2D eigenvalue weighted by Crippen LogP contribution is -2.59. The molecule has 1 aliphatic carbocycles. The first-order valence-electron chi connectivity index (χ1n) is 6.66. The van der Waals surface area contributed by atoms with Gasteiger partial charge in [-0.3, -0.25) is 0 Å². The first kappa shape index (κ1) is 12.6. The number of urea groups is 1. The summed E-state index contributed by atoms with van der Waals surface area (Å²) in [6.45, 7) is 3.16. The van der Waals surface area contributed by atoms with Crippen LogP contribution >= 0.6 is 0 Å². The van der Waals surface area contributed by atoms with Crippen molar-refractivity contribution < 1.29 is 4.79 Å². The first-order chi connectivity index (χ1) is 8.20. The number of nitrogens with zero attached hydrogens (tertiary/aromatic N) is 2. The van der Waals surface area contributed by atoms with Crippen LogP contribution < -0.4 is 11.1 Å². The van der Waals surface area contributed by atoms with Gasteiger partial charge in [-0.2, -0.15) is 0 Å². The van der Waals surface area contributed by atoms with Crippen molar-refractivity contribution in [2.24, 2.45) is 5.73 Å². The minimum absolute atomic E-state index is 0.0838. The largest absolute Gasteiger partial charge is 0.335 e. The molecule has 2 aliphatic rings. The summed E-state index contributed by atoms with van der Waals surface area (Å²) in [6, 6.07) is 0.635. The van der Waals surface area contributed by atoms with E-state index < -0.39 is 0 Å². The molecular formula is C12H24N4O. The van der Waals surface area contributed by atoms with Gasteiger partial charge in [0.15, 0.2) is 0 Å². The molecule has 98 valence electrons. The van der Waals surface area contributed by atoms with Crippen LogP contribution in [-0.2, 0) is 0 Å². The van der Waals surface area contributed by atoms with Gasteiger partial charge in [-0.25, -0.2) is 4.79 Å². The fraction of sp³-hybridized carbons (Fsp3) is 0.917. The molecule has 0 aromatic rings. The average molecular weight is 240 g/mol. The summed E-state index contributed by atoms with van der Waals surface area (Å²) in [5.74, 6) is 0. The van der Waals surface area contributed by atoms with Crippen molar-refractivity contribution in [1.82, 2.24) is 15.1 Å². The highest BCUT2D eigenvalue weighted by Crippen LogP contribution is 2.18. The van der Waals surface area contributed by atoms with Gasteiger partial charge in [-0.05, 0) is 19.9 Å². The number of nitrogens with one attached hydrogen (secondary N) is 1. The normalized spacial score (nSPS) is 27.4. The van der Waals surface area contributed by atoms with E-state index in [0.717, 1.165) is 32.5 Å². The second-order valence-electron chi connectivity index (χ2n) is 5.28. The fourth-order valence-corrected chi connectivity index (χ4v) is 2.81. The quantitative estimate of drug-likeness (QED) is 0.725. The summed E-state index contributed by atoms with van der Waals surface area (Å²) < 4.78 is 0. The lowest BCUT2D eigenvalue weighted by molar-refractivity contribution is 0.110. The van der Waals surface area contributed by atoms with E-state index in [4.69, 9.17) is 5.73 Å². The SMILES string of the molecule is CN1CCN(C(=O)NC2CCCC2)C(CN)C1. The Morgan fingerprint density at radius 1 is 1.35 bits per heavy atom. The Hall–Kier alpha value is -0.810. The average Bonchev–Trinajstić information content (AvgIpc) is 2.81. The van der Waals surface area contributed by atoms with Crippen LogP contribution in [0.5, 0.6) is 0 Å². The van der Waals surface area contributed by atoms with Gasteiger partial charge in [0.25, 0.3) is 0 Å². The minimum Gasteiger partial charge on any atom is -0.335 e. The molecule has 2 rings (SSSR count). The first-order valence-corrected chi connectivity index (χ1v) is 6.66. The van der Waals surface area contributed by atoms with Crippen molar-refractivity contribution >= 4 is 6.03 Å². The van der Waals surface area contributed by atoms with Crippen LogP contribution in [0.4, 0.5) is 4.79 Å². The van der Waals surface area contributed by atoms with Crippen LogP contribution in [0.2, 0.25) is 0 Å². The molecule has 1 unspecified atom stereocenters. The molecule has 17 heavy (non-hydrogen) atoms. The van der Waals surface area contributed by atoms with Crippen molar-refractivity contribution in [2.75, 3.05) is 33.2 Å². The Kier molecular flexibility index (Phi) is 4.23. The predicted octanol–water partition coefficient (Wildman–Crippen LogP) is 0.213. The second kappa shape index (κ2) is 5.69. The zero-order valence-corrected chi connectivity index (χ0v) is 10.7. The van der Waals surface area contributed by atoms with E-state index in [2.05, 4.69) is 17.3 Å². The van der Waals surface area contributed by atoms with Crippen molar-refractivity contribution in [3.8, 4) is 0 Å². The number of hydrogen-bond donors (Lipinski definition) is 2. The molecular weight excluding hydrogens is 216 g/mol. The maximum atomic E-state index is 12.2. The van der Waals surface area contributed by atoms with Gasteiger partial charge in [0.1, 0.15) is 0 Å². The van der Waals surface area contributed by atoms with Gasteiger partial charge < -0.3 is 20.9 Å². The Labute approximate surface area is 103 Å². The van der Waals surface area contributed by atoms with Crippen LogP contribution in [0.15, 0.2) is 0 Å². The third kappa shape index (κ3) is 3.10. The number of likely N-dealkylation sites (N-methyl/N-ethyl adjacent to an activating group) is 1. The fourth-order valence-electron chi connectivity index (χ4n) is 2.81. The molecule has 3 N–H and O–H groups in total. The number of nitrogens with two attached hydrogens (primary N) is 1. The van der Waals surface area contributed by atoms with E-state index in [9.17, 15) is 4.79 Å². The predicted molar refractivity (Wildman–Crippen MR) is 67.8 cm³/mol. The Morgan fingerprint density at radius 3 is 2.71 bits per heavy atom. The Balaban J connectivity index is 1.88. The molecule has 5 nitrogen and oxygen atoms in total. The highest BCUT2D eigenvalue weighted by atomic mass is 16.2. The standard InChI is InChI=1S/C12H24N4O/c1-15-6-7-16(11(8-13)9-15)12(17)14-10-4-2-3-5-10/h10-11H,2-9,13H2,1H3,(H,14,17). The highest BCUT2D eigenvalue weighted by Gasteiger charge is 2.29. The zero-order chi connectivity index (χ0) is 12.3. The van der Waals surface area contributed by atoms with E-state index in [0.29, 0.717) is 12.6 Å². The van der Waals surface area contributed by atoms with Gasteiger partial charge in [-0.1, -0.05) is 12.8 Å². The van der Waals surface area contributed by atoms with E-state index in [-0.39, 0.29) is 12.1 Å². The van der Waals surface area contributed by atoms with Gasteiger partial charge in [0, 0.05) is 32.2 Å². The van der Waals surface area contributed by atoms with Crippen LogP contribution in [0.1, 0.15) is 25.7 Å². The lowest BCUT2D eigenvalue weighted by atomic mass is 10.2. The molecule has 0 bridgehead atoms. The molecule has 0 aromatic carbocycles. The highest BCUT2D eigenvalue weighted by molar-refractivity contribution is 5.75. The molecule has 2 fully saturated rings. The number of hydrogen-bond acceptors (Lipinski definition) is 3. The molecule has 5 heteroatoms. The topological polar surface area (TPSA) is 61.6 Å².